The summed E-state index contributed by atoms with van der Waals surface area (Å²) < 4.78 is 39.6. The highest BCUT2D eigenvalue weighted by atomic mass is 31.2. The first-order valence-electron chi connectivity index (χ1n) is 31.1. The lowest BCUT2D eigenvalue weighted by atomic mass is 10.1. The smallest absolute Gasteiger partial charge is 0.462 e. The van der Waals surface area contributed by atoms with Gasteiger partial charge in [-0.15, -0.1) is 0 Å². The van der Waals surface area contributed by atoms with E-state index in [0.717, 1.165) is 122 Å². The second-order valence-electron chi connectivity index (χ2n) is 20.5. The average Bonchev–Trinajstić information content (AvgIpc) is 3.43. The number of hydrogen-bond donors (Lipinski definition) is 2. The predicted octanol–water partition coefficient (Wildman–Crippen LogP) is 18.8. The molecule has 0 aliphatic heterocycles. The van der Waals surface area contributed by atoms with Crippen molar-refractivity contribution in [1.29, 1.82) is 0 Å². The van der Waals surface area contributed by atoms with Crippen LogP contribution >= 0.6 is 7.82 Å². The van der Waals surface area contributed by atoms with E-state index in [2.05, 4.69) is 118 Å². The number of esters is 3. The Labute approximate surface area is 476 Å². The van der Waals surface area contributed by atoms with Gasteiger partial charge in [0.2, 0.25) is 0 Å². The Kier molecular flexibility index (Phi) is 56.8. The Morgan fingerprint density at radius 1 is 0.372 bits per heavy atom. The fourth-order valence-electron chi connectivity index (χ4n) is 8.23. The van der Waals surface area contributed by atoms with E-state index in [-0.39, 0.29) is 25.9 Å². The molecule has 0 aromatic carbocycles. The van der Waals surface area contributed by atoms with Gasteiger partial charge in [0.25, 0.3) is 0 Å². The molecule has 78 heavy (non-hydrogen) atoms. The lowest BCUT2D eigenvalue weighted by molar-refractivity contribution is -0.161. The van der Waals surface area contributed by atoms with Crippen LogP contribution in [0.4, 0.5) is 0 Å². The summed E-state index contributed by atoms with van der Waals surface area (Å²) in [6.45, 7) is 4.45. The van der Waals surface area contributed by atoms with Crippen LogP contribution in [0, 0.1) is 0 Å². The maximum Gasteiger partial charge on any atom is 0.472 e. The van der Waals surface area contributed by atoms with E-state index >= 15 is 0 Å². The molecule has 448 valence electrons. The second-order valence-corrected chi connectivity index (χ2v) is 21.9. The Morgan fingerprint density at radius 3 is 1.09 bits per heavy atom. The summed E-state index contributed by atoms with van der Waals surface area (Å²) in [5, 5.41) is 9.83. The standard InChI is InChI=1S/C66H113O11P/c1-4-7-10-13-16-19-22-25-28-30-31-33-35-37-40-43-46-49-52-55-64(68)73-59-63(77-66(70)57-54-51-48-45-42-39-36-32-29-26-23-20-17-14-11-8-5-2)61-75-78(71,72)74-60-62(58-67)76-65(69)56-53-50-47-44-41-38-34-27-24-21-18-15-12-9-6-3/h9,12,16,18-19,21,25-29,31,33-34,41,44,62-63,67H,4-8,10-11,13-15,17,20,22-24,30,32,35-40,42-43,45-61H2,1-3H3,(H,71,72)/b12-9-,19-16-,21-18-,28-25-,29-26-,33-31-,34-27-,44-41-. The first kappa shape index (κ1) is 74.4. The molecule has 11 nitrogen and oxygen atoms in total. The lowest BCUT2D eigenvalue weighted by Crippen LogP contribution is -2.30. The molecule has 0 rings (SSSR count). The molecule has 2 N–H and O–H groups in total. The van der Waals surface area contributed by atoms with Gasteiger partial charge >= 0.3 is 25.7 Å². The molecular weight excluding hydrogens is 1000 g/mol. The Morgan fingerprint density at radius 2 is 0.667 bits per heavy atom. The van der Waals surface area contributed by atoms with Crippen molar-refractivity contribution < 1.29 is 52.2 Å². The van der Waals surface area contributed by atoms with Crippen molar-refractivity contribution in [2.45, 2.75) is 277 Å². The maximum atomic E-state index is 12.9. The van der Waals surface area contributed by atoms with Crippen LogP contribution in [0.3, 0.4) is 0 Å². The molecule has 0 spiro atoms. The maximum absolute atomic E-state index is 12.9. The highest BCUT2D eigenvalue weighted by Crippen LogP contribution is 2.43. The normalized spacial score (nSPS) is 14.0. The number of ether oxygens (including phenoxy) is 3. The van der Waals surface area contributed by atoms with Crippen molar-refractivity contribution in [1.82, 2.24) is 0 Å². The molecule has 3 atom stereocenters. The summed E-state index contributed by atoms with van der Waals surface area (Å²) in [7, 11) is -4.77. The first-order valence-corrected chi connectivity index (χ1v) is 32.6. The molecule has 0 heterocycles. The molecule has 3 unspecified atom stereocenters. The number of hydrogen-bond acceptors (Lipinski definition) is 10. The minimum Gasteiger partial charge on any atom is -0.462 e. The third kappa shape index (κ3) is 57.1. The van der Waals surface area contributed by atoms with Crippen molar-refractivity contribution in [3.05, 3.63) is 97.2 Å². The Balaban J connectivity index is 4.78. The summed E-state index contributed by atoms with van der Waals surface area (Å²) in [6, 6.07) is 0. The van der Waals surface area contributed by atoms with Crippen molar-refractivity contribution in [2.75, 3.05) is 26.4 Å². The number of aliphatic hydroxyl groups excluding tert-OH is 1. The van der Waals surface area contributed by atoms with Gasteiger partial charge in [-0.1, -0.05) is 221 Å². The summed E-state index contributed by atoms with van der Waals surface area (Å²) in [6.07, 6.45) is 70.7. The summed E-state index contributed by atoms with van der Waals surface area (Å²) in [5.74, 6) is -1.53. The molecule has 0 aromatic rings. The third-order valence-electron chi connectivity index (χ3n) is 13.0. The number of aliphatic hydroxyl groups is 1. The van der Waals surface area contributed by atoms with Gasteiger partial charge in [-0.3, -0.25) is 23.4 Å². The molecule has 0 fully saturated rings. The minimum absolute atomic E-state index is 0.120. The van der Waals surface area contributed by atoms with Crippen molar-refractivity contribution in [3.8, 4) is 0 Å². The summed E-state index contributed by atoms with van der Waals surface area (Å²) in [5.41, 5.74) is 0. The SMILES string of the molecule is CC/C=C\C/C=C\C/C=C\C/C=C\CCCCC(=O)OC(CO)COP(=O)(O)OCC(COC(=O)CCCCCCCC/C=C\C/C=C\C/C=C\CCCCC)OC(=O)CCCCCCCCC/C=C\CCCCCCCC. The third-order valence-corrected chi connectivity index (χ3v) is 13.9. The fraction of sp³-hybridized carbons (Fsp3) is 0.712. The van der Waals surface area contributed by atoms with Crippen LogP contribution in [-0.4, -0.2) is 66.5 Å². The molecule has 0 bridgehead atoms. The highest BCUT2D eigenvalue weighted by Gasteiger charge is 2.28. The molecule has 0 amide bonds. The second kappa shape index (κ2) is 59.5. The number of phosphoric ester groups is 1. The van der Waals surface area contributed by atoms with Crippen molar-refractivity contribution in [2.24, 2.45) is 0 Å². The zero-order valence-electron chi connectivity index (χ0n) is 49.6. The van der Waals surface area contributed by atoms with Gasteiger partial charge in [0, 0.05) is 19.3 Å². The van der Waals surface area contributed by atoms with Gasteiger partial charge in [-0.25, -0.2) is 4.57 Å². The average molecular weight is 1110 g/mol. The van der Waals surface area contributed by atoms with Gasteiger partial charge in [0.1, 0.15) is 12.7 Å². The molecule has 0 aliphatic carbocycles. The van der Waals surface area contributed by atoms with Crippen LogP contribution in [0.2, 0.25) is 0 Å². The van der Waals surface area contributed by atoms with Gasteiger partial charge in [0.15, 0.2) is 6.10 Å². The minimum atomic E-state index is -4.77. The number of allylic oxidation sites excluding steroid dienone is 16. The van der Waals surface area contributed by atoms with Crippen LogP contribution in [0.1, 0.15) is 265 Å². The van der Waals surface area contributed by atoms with E-state index in [0.29, 0.717) is 19.3 Å². The largest absolute Gasteiger partial charge is 0.472 e. The molecular formula is C66H113O11P. The highest BCUT2D eigenvalue weighted by molar-refractivity contribution is 7.47. The van der Waals surface area contributed by atoms with Gasteiger partial charge in [0.05, 0.1) is 19.8 Å². The number of carbonyl (C=O) groups excluding carboxylic acids is 3. The lowest BCUT2D eigenvalue weighted by Gasteiger charge is -2.21. The number of rotatable bonds is 57. The number of carbonyl (C=O) groups is 3. The van der Waals surface area contributed by atoms with Crippen LogP contribution in [0.5, 0.6) is 0 Å². The topological polar surface area (TPSA) is 155 Å². The first-order chi connectivity index (χ1) is 38.2. The predicted molar refractivity (Wildman–Crippen MR) is 325 cm³/mol. The van der Waals surface area contributed by atoms with E-state index < -0.39 is 57.8 Å². The quantitative estimate of drug-likeness (QED) is 0.0197. The molecule has 0 aliphatic rings. The van der Waals surface area contributed by atoms with E-state index in [4.69, 9.17) is 23.3 Å². The summed E-state index contributed by atoms with van der Waals surface area (Å²) in [4.78, 5) is 48.7. The van der Waals surface area contributed by atoms with Gasteiger partial charge < -0.3 is 24.2 Å². The van der Waals surface area contributed by atoms with E-state index in [9.17, 15) is 28.9 Å². The van der Waals surface area contributed by atoms with Crippen LogP contribution < -0.4 is 0 Å². The van der Waals surface area contributed by atoms with Gasteiger partial charge in [-0.2, -0.15) is 0 Å². The molecule has 0 saturated carbocycles. The van der Waals surface area contributed by atoms with Crippen LogP contribution in [0.25, 0.3) is 0 Å². The zero-order chi connectivity index (χ0) is 56.9. The molecule has 12 heteroatoms. The van der Waals surface area contributed by atoms with E-state index in [1.54, 1.807) is 0 Å². The zero-order valence-corrected chi connectivity index (χ0v) is 50.5. The van der Waals surface area contributed by atoms with Gasteiger partial charge in [-0.05, 0) is 122 Å². The monoisotopic (exact) mass is 1110 g/mol. The number of unbranched alkanes of at least 4 members (excludes halogenated alkanes) is 24. The van der Waals surface area contributed by atoms with Crippen molar-refractivity contribution in [3.63, 3.8) is 0 Å². The molecule has 0 radical (unpaired) electrons. The van der Waals surface area contributed by atoms with Crippen LogP contribution in [-0.2, 0) is 42.2 Å². The van der Waals surface area contributed by atoms with Crippen LogP contribution in [0.15, 0.2) is 97.2 Å². The van der Waals surface area contributed by atoms with E-state index in [1.165, 1.54) is 83.5 Å². The summed E-state index contributed by atoms with van der Waals surface area (Å²) >= 11 is 0. The van der Waals surface area contributed by atoms with E-state index in [1.807, 2.05) is 0 Å². The Hall–Kier alpha value is -3.60. The number of phosphoric acid groups is 1. The Bertz CT molecular complexity index is 1680. The van der Waals surface area contributed by atoms with Crippen molar-refractivity contribution >= 4 is 25.7 Å². The molecule has 0 aromatic heterocycles. The molecule has 0 saturated heterocycles. The fourth-order valence-corrected chi connectivity index (χ4v) is 9.01.